The largest absolute Gasteiger partial charge is 0.342 e. The van der Waals surface area contributed by atoms with Gasteiger partial charge in [-0.25, -0.2) is 4.98 Å². The van der Waals surface area contributed by atoms with E-state index in [1.54, 1.807) is 0 Å². The molecule has 2 heterocycles. The number of nitrogens with zero attached hydrogens (tertiary/aromatic N) is 1. The predicted octanol–water partition coefficient (Wildman–Crippen LogP) is 2.73. The summed E-state index contributed by atoms with van der Waals surface area (Å²) in [5.74, 6) is 0.964. The normalized spacial score (nSPS) is 21.8. The molecule has 1 atom stereocenters. The molecule has 1 aromatic carbocycles. The Balaban J connectivity index is 1.81. The second-order valence-corrected chi connectivity index (χ2v) is 5.87. The minimum atomic E-state index is -0.395. The Morgan fingerprint density at radius 2 is 2.33 bits per heavy atom. The number of carbonyl (C=O) groups excluding carboxylic acids is 1. The third kappa shape index (κ3) is 2.65. The van der Waals surface area contributed by atoms with Crippen molar-refractivity contribution >= 4 is 22.6 Å². The maximum atomic E-state index is 12.7. The van der Waals surface area contributed by atoms with Crippen LogP contribution in [-0.2, 0) is 4.79 Å². The Kier molecular flexibility index (Phi) is 3.68. The molecule has 3 N–H and O–H groups in total. The first-order chi connectivity index (χ1) is 10.1. The van der Waals surface area contributed by atoms with Gasteiger partial charge in [-0.1, -0.05) is 13.3 Å². The summed E-state index contributed by atoms with van der Waals surface area (Å²) >= 11 is 0. The standard InChI is InChI=1S/C16H22N4O/c1-3-7-16(8-4-9-17-16)15(21)20-12-5-6-13-14(10-12)19-11(2)18-13/h5-6,10,17H,3-4,7-9H2,1-2H3,(H,18,19)(H,20,21). The molecule has 2 aromatic rings. The van der Waals surface area contributed by atoms with E-state index in [0.717, 1.165) is 54.8 Å². The van der Waals surface area contributed by atoms with Crippen LogP contribution in [0.3, 0.4) is 0 Å². The zero-order chi connectivity index (χ0) is 14.9. The van der Waals surface area contributed by atoms with Crippen LogP contribution in [0.2, 0.25) is 0 Å². The number of rotatable bonds is 4. The van der Waals surface area contributed by atoms with Crippen molar-refractivity contribution in [1.82, 2.24) is 15.3 Å². The molecule has 1 saturated heterocycles. The molecule has 0 aliphatic carbocycles. The Labute approximate surface area is 124 Å². The molecule has 21 heavy (non-hydrogen) atoms. The van der Waals surface area contributed by atoms with E-state index in [2.05, 4.69) is 27.5 Å². The molecule has 1 aliphatic heterocycles. The number of H-pyrrole nitrogens is 1. The molecule has 3 rings (SSSR count). The molecular weight excluding hydrogens is 264 g/mol. The Morgan fingerprint density at radius 1 is 1.48 bits per heavy atom. The molecule has 1 aromatic heterocycles. The Bertz CT molecular complexity index is 655. The van der Waals surface area contributed by atoms with Gasteiger partial charge in [0.1, 0.15) is 5.82 Å². The summed E-state index contributed by atoms with van der Waals surface area (Å²) in [7, 11) is 0. The van der Waals surface area contributed by atoms with E-state index in [9.17, 15) is 4.79 Å². The maximum absolute atomic E-state index is 12.7. The maximum Gasteiger partial charge on any atom is 0.244 e. The third-order valence-electron chi connectivity index (χ3n) is 4.21. The minimum Gasteiger partial charge on any atom is -0.342 e. The third-order valence-corrected chi connectivity index (χ3v) is 4.21. The van der Waals surface area contributed by atoms with E-state index in [1.807, 2.05) is 25.1 Å². The van der Waals surface area contributed by atoms with Crippen molar-refractivity contribution in [1.29, 1.82) is 0 Å². The van der Waals surface area contributed by atoms with Gasteiger partial charge >= 0.3 is 0 Å². The predicted molar refractivity (Wildman–Crippen MR) is 84.3 cm³/mol. The average Bonchev–Trinajstić information content (AvgIpc) is 3.05. The van der Waals surface area contributed by atoms with Gasteiger partial charge in [0.05, 0.1) is 16.6 Å². The summed E-state index contributed by atoms with van der Waals surface area (Å²) in [6, 6.07) is 5.79. The van der Waals surface area contributed by atoms with Gasteiger partial charge in [-0.05, 0) is 50.9 Å². The molecule has 1 amide bonds. The number of aryl methyl sites for hydroxylation is 1. The highest BCUT2D eigenvalue weighted by atomic mass is 16.2. The van der Waals surface area contributed by atoms with Gasteiger partial charge in [-0.15, -0.1) is 0 Å². The number of benzene rings is 1. The first-order valence-electron chi connectivity index (χ1n) is 7.66. The number of anilines is 1. The first kappa shape index (κ1) is 14.1. The van der Waals surface area contributed by atoms with Crippen LogP contribution in [0.1, 0.15) is 38.4 Å². The molecule has 0 radical (unpaired) electrons. The van der Waals surface area contributed by atoms with E-state index in [0.29, 0.717) is 0 Å². The lowest BCUT2D eigenvalue weighted by molar-refractivity contribution is -0.122. The zero-order valence-corrected chi connectivity index (χ0v) is 12.6. The van der Waals surface area contributed by atoms with E-state index in [4.69, 9.17) is 0 Å². The molecule has 0 spiro atoms. The molecular formula is C16H22N4O. The fraction of sp³-hybridized carbons (Fsp3) is 0.500. The molecule has 1 fully saturated rings. The van der Waals surface area contributed by atoms with E-state index < -0.39 is 5.54 Å². The zero-order valence-electron chi connectivity index (χ0n) is 12.6. The van der Waals surface area contributed by atoms with Crippen molar-refractivity contribution in [3.8, 4) is 0 Å². The van der Waals surface area contributed by atoms with Crippen LogP contribution < -0.4 is 10.6 Å². The summed E-state index contributed by atoms with van der Waals surface area (Å²) < 4.78 is 0. The highest BCUT2D eigenvalue weighted by molar-refractivity contribution is 5.99. The van der Waals surface area contributed by atoms with Crippen LogP contribution in [0, 0.1) is 6.92 Å². The number of nitrogens with one attached hydrogen (secondary N) is 3. The van der Waals surface area contributed by atoms with Gasteiger partial charge in [0.25, 0.3) is 0 Å². The number of imidazole rings is 1. The van der Waals surface area contributed by atoms with Crippen LogP contribution in [-0.4, -0.2) is 28.0 Å². The molecule has 1 aliphatic rings. The fourth-order valence-electron chi connectivity index (χ4n) is 3.22. The number of hydrogen-bond donors (Lipinski definition) is 3. The van der Waals surface area contributed by atoms with Crippen molar-refractivity contribution in [2.45, 2.75) is 45.1 Å². The van der Waals surface area contributed by atoms with E-state index in [-0.39, 0.29) is 5.91 Å². The van der Waals surface area contributed by atoms with Crippen LogP contribution in [0.5, 0.6) is 0 Å². The summed E-state index contributed by atoms with van der Waals surface area (Å²) in [5.41, 5.74) is 2.30. The molecule has 112 valence electrons. The van der Waals surface area contributed by atoms with Crippen LogP contribution in [0.25, 0.3) is 11.0 Å². The van der Waals surface area contributed by atoms with Crippen molar-refractivity contribution in [3.05, 3.63) is 24.0 Å². The number of aromatic amines is 1. The number of amides is 1. The molecule has 5 heteroatoms. The van der Waals surface area contributed by atoms with Crippen LogP contribution in [0.4, 0.5) is 5.69 Å². The van der Waals surface area contributed by atoms with Crippen molar-refractivity contribution in [3.63, 3.8) is 0 Å². The number of aromatic nitrogens is 2. The van der Waals surface area contributed by atoms with Crippen LogP contribution in [0.15, 0.2) is 18.2 Å². The monoisotopic (exact) mass is 286 g/mol. The van der Waals surface area contributed by atoms with Crippen molar-refractivity contribution in [2.24, 2.45) is 0 Å². The second kappa shape index (κ2) is 5.48. The van der Waals surface area contributed by atoms with Gasteiger partial charge in [0, 0.05) is 5.69 Å². The summed E-state index contributed by atoms with van der Waals surface area (Å²) in [5, 5.41) is 6.46. The highest BCUT2D eigenvalue weighted by Crippen LogP contribution is 2.27. The van der Waals surface area contributed by atoms with Gasteiger partial charge < -0.3 is 15.6 Å². The van der Waals surface area contributed by atoms with E-state index in [1.165, 1.54) is 0 Å². The SMILES string of the molecule is CCCC1(C(=O)Nc2ccc3nc(C)[nH]c3c2)CCCN1. The highest BCUT2D eigenvalue weighted by Gasteiger charge is 2.39. The fourth-order valence-corrected chi connectivity index (χ4v) is 3.22. The summed E-state index contributed by atoms with van der Waals surface area (Å²) in [6.07, 6.45) is 3.85. The van der Waals surface area contributed by atoms with Crippen molar-refractivity contribution in [2.75, 3.05) is 11.9 Å². The number of fused-ring (bicyclic) bond motifs is 1. The van der Waals surface area contributed by atoms with Gasteiger partial charge in [-0.2, -0.15) is 0 Å². The number of hydrogen-bond acceptors (Lipinski definition) is 3. The quantitative estimate of drug-likeness (QED) is 0.809. The van der Waals surface area contributed by atoms with E-state index >= 15 is 0 Å². The Morgan fingerprint density at radius 3 is 3.05 bits per heavy atom. The average molecular weight is 286 g/mol. The van der Waals surface area contributed by atoms with Crippen molar-refractivity contribution < 1.29 is 4.79 Å². The van der Waals surface area contributed by atoms with Crippen LogP contribution >= 0.6 is 0 Å². The first-order valence-corrected chi connectivity index (χ1v) is 7.66. The lowest BCUT2D eigenvalue weighted by atomic mass is 9.91. The van der Waals surface area contributed by atoms with Gasteiger partial charge in [0.2, 0.25) is 5.91 Å². The van der Waals surface area contributed by atoms with Gasteiger partial charge in [-0.3, -0.25) is 4.79 Å². The second-order valence-electron chi connectivity index (χ2n) is 5.87. The molecule has 5 nitrogen and oxygen atoms in total. The lowest BCUT2D eigenvalue weighted by Crippen LogP contribution is -2.50. The summed E-state index contributed by atoms with van der Waals surface area (Å²) in [4.78, 5) is 20.2. The lowest BCUT2D eigenvalue weighted by Gasteiger charge is -2.27. The Hall–Kier alpha value is -1.88. The topological polar surface area (TPSA) is 69.8 Å². The molecule has 1 unspecified atom stereocenters. The molecule has 0 bridgehead atoms. The minimum absolute atomic E-state index is 0.0810. The van der Waals surface area contributed by atoms with Gasteiger partial charge in [0.15, 0.2) is 0 Å². The molecule has 0 saturated carbocycles. The smallest absolute Gasteiger partial charge is 0.244 e. The summed E-state index contributed by atoms with van der Waals surface area (Å²) in [6.45, 7) is 4.97. The number of carbonyl (C=O) groups is 1.